The van der Waals surface area contributed by atoms with Crippen LogP contribution in [-0.4, -0.2) is 5.91 Å². The third-order valence-corrected chi connectivity index (χ3v) is 2.23. The van der Waals surface area contributed by atoms with Gasteiger partial charge in [-0.2, -0.15) is 13.2 Å². The topological polar surface area (TPSA) is 42.2 Å². The molecule has 94 valence electrons. The number of amides is 1. The first-order chi connectivity index (χ1) is 8.48. The molecule has 0 radical (unpaired) electrons. The first-order valence-corrected chi connectivity index (χ1v) is 4.99. The summed E-state index contributed by atoms with van der Waals surface area (Å²) in [5.41, 5.74) is -1.20. The normalized spacial score (nSPS) is 11.3. The monoisotopic (exact) mass is 255 g/mol. The maximum absolute atomic E-state index is 12.7. The minimum Gasteiger partial charge on any atom is -0.459 e. The maximum Gasteiger partial charge on any atom is 0.418 e. The van der Waals surface area contributed by atoms with Crippen LogP contribution in [0.1, 0.15) is 16.1 Å². The summed E-state index contributed by atoms with van der Waals surface area (Å²) < 4.78 is 42.8. The van der Waals surface area contributed by atoms with Crippen molar-refractivity contribution in [3.05, 3.63) is 54.0 Å². The molecule has 1 N–H and O–H groups in total. The minimum absolute atomic E-state index is 0.0491. The summed E-state index contributed by atoms with van der Waals surface area (Å²) in [6, 6.07) is 7.59. The van der Waals surface area contributed by atoms with Crippen LogP contribution < -0.4 is 5.32 Å². The molecule has 2 rings (SSSR count). The molecule has 1 heterocycles. The van der Waals surface area contributed by atoms with Gasteiger partial charge in [0.05, 0.1) is 17.5 Å². The summed E-state index contributed by atoms with van der Waals surface area (Å²) >= 11 is 0. The number of hydrogen-bond donors (Lipinski definition) is 1. The zero-order valence-corrected chi connectivity index (χ0v) is 8.99. The van der Waals surface area contributed by atoms with Gasteiger partial charge in [0.2, 0.25) is 0 Å². The molecule has 0 atom stereocenters. The van der Waals surface area contributed by atoms with E-state index < -0.39 is 17.6 Å². The Kier molecular flexibility index (Phi) is 3.10. The average Bonchev–Trinajstić information content (AvgIpc) is 2.81. The minimum atomic E-state index is -4.52. The quantitative estimate of drug-likeness (QED) is 0.891. The van der Waals surface area contributed by atoms with Gasteiger partial charge in [-0.1, -0.05) is 12.1 Å². The Bertz CT molecular complexity index is 547. The molecule has 2 aromatic rings. The number of furan rings is 1. The van der Waals surface area contributed by atoms with Crippen molar-refractivity contribution in [1.82, 2.24) is 0 Å². The average molecular weight is 255 g/mol. The molecule has 3 nitrogen and oxygen atoms in total. The van der Waals surface area contributed by atoms with E-state index in [0.29, 0.717) is 0 Å². The van der Waals surface area contributed by atoms with Gasteiger partial charge in [-0.3, -0.25) is 4.79 Å². The molecule has 0 spiro atoms. The van der Waals surface area contributed by atoms with Crippen molar-refractivity contribution < 1.29 is 22.4 Å². The van der Waals surface area contributed by atoms with Gasteiger partial charge in [0.1, 0.15) is 0 Å². The number of nitrogens with one attached hydrogen (secondary N) is 1. The van der Waals surface area contributed by atoms with E-state index in [0.717, 1.165) is 6.07 Å². The Labute approximate surface area is 100 Å². The van der Waals surface area contributed by atoms with E-state index in [1.165, 1.54) is 36.6 Å². The zero-order chi connectivity index (χ0) is 13.2. The second-order valence-electron chi connectivity index (χ2n) is 3.47. The first kappa shape index (κ1) is 12.2. The predicted octanol–water partition coefficient (Wildman–Crippen LogP) is 3.55. The smallest absolute Gasteiger partial charge is 0.418 e. The molecular weight excluding hydrogens is 247 g/mol. The van der Waals surface area contributed by atoms with Crippen LogP contribution in [0.4, 0.5) is 18.9 Å². The molecule has 0 aliphatic carbocycles. The van der Waals surface area contributed by atoms with Crippen molar-refractivity contribution >= 4 is 11.6 Å². The molecule has 0 saturated carbocycles. The third kappa shape index (κ3) is 2.53. The first-order valence-electron chi connectivity index (χ1n) is 4.99. The summed E-state index contributed by atoms with van der Waals surface area (Å²) in [6.07, 6.45) is -3.25. The number of alkyl halides is 3. The molecule has 1 amide bonds. The van der Waals surface area contributed by atoms with Crippen molar-refractivity contribution in [2.24, 2.45) is 0 Å². The number of carbonyl (C=O) groups is 1. The molecule has 6 heteroatoms. The Morgan fingerprint density at radius 3 is 2.44 bits per heavy atom. The second-order valence-corrected chi connectivity index (χ2v) is 3.47. The van der Waals surface area contributed by atoms with Gasteiger partial charge in [-0.15, -0.1) is 0 Å². The van der Waals surface area contributed by atoms with Crippen LogP contribution in [0.25, 0.3) is 0 Å². The molecule has 0 bridgehead atoms. The lowest BCUT2D eigenvalue weighted by Crippen LogP contribution is -2.16. The molecule has 0 aliphatic rings. The molecule has 18 heavy (non-hydrogen) atoms. The summed E-state index contributed by atoms with van der Waals surface area (Å²) in [6.45, 7) is 0. The number of benzene rings is 1. The Balaban J connectivity index is 2.27. The molecule has 0 saturated heterocycles. The highest BCUT2D eigenvalue weighted by Gasteiger charge is 2.33. The van der Waals surface area contributed by atoms with Gasteiger partial charge in [0.15, 0.2) is 5.76 Å². The van der Waals surface area contributed by atoms with Gasteiger partial charge in [-0.25, -0.2) is 0 Å². The van der Waals surface area contributed by atoms with Crippen molar-refractivity contribution in [3.8, 4) is 0 Å². The highest BCUT2D eigenvalue weighted by Crippen LogP contribution is 2.34. The highest BCUT2D eigenvalue weighted by atomic mass is 19.4. The van der Waals surface area contributed by atoms with Gasteiger partial charge >= 0.3 is 6.18 Å². The van der Waals surface area contributed by atoms with Crippen LogP contribution in [0.3, 0.4) is 0 Å². The summed E-state index contributed by atoms with van der Waals surface area (Å²) in [7, 11) is 0. The number of carbonyl (C=O) groups excluding carboxylic acids is 1. The predicted molar refractivity (Wildman–Crippen MR) is 58.1 cm³/mol. The highest BCUT2D eigenvalue weighted by molar-refractivity contribution is 6.02. The Morgan fingerprint density at radius 1 is 1.11 bits per heavy atom. The SMILES string of the molecule is O=C(Nc1ccccc1C(F)(F)F)c1ccco1. The molecule has 1 aromatic carbocycles. The molecule has 0 fully saturated rings. The van der Waals surface area contributed by atoms with E-state index in [2.05, 4.69) is 5.32 Å². The number of rotatable bonds is 2. The van der Waals surface area contributed by atoms with Crippen molar-refractivity contribution in [3.63, 3.8) is 0 Å². The molecule has 0 aliphatic heterocycles. The van der Waals surface area contributed by atoms with E-state index in [1.54, 1.807) is 0 Å². The standard InChI is InChI=1S/C12H8F3NO2/c13-12(14,15)8-4-1-2-5-9(8)16-11(17)10-6-3-7-18-10/h1-7H,(H,16,17). The molecule has 0 unspecified atom stereocenters. The van der Waals surface area contributed by atoms with Crippen LogP contribution in [0.5, 0.6) is 0 Å². The third-order valence-electron chi connectivity index (χ3n) is 2.23. The number of halogens is 3. The van der Waals surface area contributed by atoms with Crippen LogP contribution in [0, 0.1) is 0 Å². The van der Waals surface area contributed by atoms with Crippen LogP contribution in [0.15, 0.2) is 47.1 Å². The van der Waals surface area contributed by atoms with E-state index in [-0.39, 0.29) is 11.4 Å². The fourth-order valence-corrected chi connectivity index (χ4v) is 1.43. The second kappa shape index (κ2) is 4.56. The summed E-state index contributed by atoms with van der Waals surface area (Å²) in [5, 5.41) is 2.17. The Morgan fingerprint density at radius 2 is 1.83 bits per heavy atom. The fraction of sp³-hybridized carbons (Fsp3) is 0.0833. The van der Waals surface area contributed by atoms with Crippen molar-refractivity contribution in [2.45, 2.75) is 6.18 Å². The van der Waals surface area contributed by atoms with Gasteiger partial charge in [-0.05, 0) is 24.3 Å². The maximum atomic E-state index is 12.7. The lowest BCUT2D eigenvalue weighted by atomic mass is 10.1. The zero-order valence-electron chi connectivity index (χ0n) is 8.99. The van der Waals surface area contributed by atoms with Crippen LogP contribution in [-0.2, 0) is 6.18 Å². The van der Waals surface area contributed by atoms with E-state index in [1.807, 2.05) is 0 Å². The number of anilines is 1. The number of para-hydroxylation sites is 1. The lowest BCUT2D eigenvalue weighted by molar-refractivity contribution is -0.136. The molecular formula is C12H8F3NO2. The van der Waals surface area contributed by atoms with Crippen LogP contribution >= 0.6 is 0 Å². The van der Waals surface area contributed by atoms with Gasteiger partial charge in [0.25, 0.3) is 5.91 Å². The van der Waals surface area contributed by atoms with Crippen molar-refractivity contribution in [2.75, 3.05) is 5.32 Å². The van der Waals surface area contributed by atoms with E-state index >= 15 is 0 Å². The van der Waals surface area contributed by atoms with E-state index in [4.69, 9.17) is 4.42 Å². The summed E-state index contributed by atoms with van der Waals surface area (Å²) in [5.74, 6) is -0.774. The van der Waals surface area contributed by atoms with E-state index in [9.17, 15) is 18.0 Å². The van der Waals surface area contributed by atoms with Gasteiger partial charge in [0, 0.05) is 0 Å². The largest absolute Gasteiger partial charge is 0.459 e. The van der Waals surface area contributed by atoms with Crippen LogP contribution in [0.2, 0.25) is 0 Å². The summed E-state index contributed by atoms with van der Waals surface area (Å²) in [4.78, 5) is 11.6. The molecule has 1 aromatic heterocycles. The number of hydrogen-bond acceptors (Lipinski definition) is 2. The lowest BCUT2D eigenvalue weighted by Gasteiger charge is -2.12. The fourth-order valence-electron chi connectivity index (χ4n) is 1.43. The van der Waals surface area contributed by atoms with Crippen molar-refractivity contribution in [1.29, 1.82) is 0 Å². The Hall–Kier alpha value is -2.24. The van der Waals surface area contributed by atoms with Gasteiger partial charge < -0.3 is 9.73 Å².